The van der Waals surface area contributed by atoms with Gasteiger partial charge in [-0.25, -0.2) is 4.99 Å². The van der Waals surface area contributed by atoms with Gasteiger partial charge in [0.25, 0.3) is 0 Å². The molecule has 1 fully saturated rings. The molecule has 2 aromatic rings. The van der Waals surface area contributed by atoms with Crippen LogP contribution in [0.3, 0.4) is 0 Å². The maximum atomic E-state index is 5.25. The third-order valence-corrected chi connectivity index (χ3v) is 5.70. The Bertz CT molecular complexity index is 801. The molecule has 0 unspecified atom stereocenters. The smallest absolute Gasteiger partial charge is 0.191 e. The molecule has 1 aliphatic rings. The zero-order valence-corrected chi connectivity index (χ0v) is 21.9. The van der Waals surface area contributed by atoms with Crippen LogP contribution in [0.25, 0.3) is 0 Å². The monoisotopic (exact) mass is 555 g/mol. The highest BCUT2D eigenvalue weighted by molar-refractivity contribution is 14.0. The molecule has 9 heteroatoms. The van der Waals surface area contributed by atoms with Gasteiger partial charge < -0.3 is 24.8 Å². The van der Waals surface area contributed by atoms with Crippen LogP contribution >= 0.6 is 24.0 Å². The molecule has 2 N–H and O–H groups in total. The second-order valence-electron chi connectivity index (χ2n) is 7.99. The van der Waals surface area contributed by atoms with Crippen molar-refractivity contribution in [1.29, 1.82) is 0 Å². The van der Waals surface area contributed by atoms with E-state index in [0.29, 0.717) is 12.6 Å². The number of nitrogens with one attached hydrogen (secondary N) is 2. The van der Waals surface area contributed by atoms with Crippen molar-refractivity contribution >= 4 is 29.9 Å². The molecule has 8 nitrogen and oxygen atoms in total. The average Bonchev–Trinajstić information content (AvgIpc) is 3.26. The minimum Gasteiger partial charge on any atom is -0.497 e. The summed E-state index contributed by atoms with van der Waals surface area (Å²) in [5.74, 6) is 2.74. The number of methoxy groups -OCH3 is 1. The highest BCUT2D eigenvalue weighted by Crippen LogP contribution is 2.13. The topological polar surface area (TPSA) is 79.6 Å². The number of piperidine rings is 1. The molecule has 0 spiro atoms. The molecule has 2 heterocycles. The lowest BCUT2D eigenvalue weighted by molar-refractivity contribution is 0.206. The number of hydrogen-bond donors (Lipinski definition) is 2. The Morgan fingerprint density at radius 1 is 1.16 bits per heavy atom. The highest BCUT2D eigenvalue weighted by Gasteiger charge is 2.19. The number of aliphatic imine (C=N–C) groups is 1. The Balaban J connectivity index is 0.00000363. The Kier molecular flexibility index (Phi) is 11.8. The van der Waals surface area contributed by atoms with Gasteiger partial charge in [0.05, 0.1) is 13.7 Å². The van der Waals surface area contributed by atoms with E-state index in [1.165, 1.54) is 13.0 Å². The SMILES string of the molecule is CCCN1CCC(NC(=NCc2ccc(OC)cc2)NCCn2cnnc2CC)CC1.I. The second kappa shape index (κ2) is 14.3. The van der Waals surface area contributed by atoms with E-state index >= 15 is 0 Å². The number of rotatable bonds is 10. The van der Waals surface area contributed by atoms with Crippen LogP contribution in [0.2, 0.25) is 0 Å². The maximum absolute atomic E-state index is 5.25. The quantitative estimate of drug-likeness (QED) is 0.267. The molecule has 1 aliphatic heterocycles. The van der Waals surface area contributed by atoms with Crippen LogP contribution in [-0.4, -0.2) is 65.0 Å². The van der Waals surface area contributed by atoms with Crippen molar-refractivity contribution in [1.82, 2.24) is 30.3 Å². The number of likely N-dealkylation sites (tertiary alicyclic amines) is 1. The summed E-state index contributed by atoms with van der Waals surface area (Å²) in [5.41, 5.74) is 1.16. The van der Waals surface area contributed by atoms with Gasteiger partial charge >= 0.3 is 0 Å². The van der Waals surface area contributed by atoms with Crippen LogP contribution < -0.4 is 15.4 Å². The van der Waals surface area contributed by atoms with E-state index in [0.717, 1.165) is 68.5 Å². The van der Waals surface area contributed by atoms with Crippen LogP contribution in [0.1, 0.15) is 44.5 Å². The Morgan fingerprint density at radius 3 is 2.56 bits per heavy atom. The van der Waals surface area contributed by atoms with E-state index in [1.807, 2.05) is 12.1 Å². The lowest BCUT2D eigenvalue weighted by atomic mass is 10.1. The van der Waals surface area contributed by atoms with Crippen LogP contribution in [0.15, 0.2) is 35.6 Å². The number of guanidine groups is 1. The van der Waals surface area contributed by atoms with E-state index in [4.69, 9.17) is 9.73 Å². The molecule has 178 valence electrons. The van der Waals surface area contributed by atoms with E-state index < -0.39 is 0 Å². The zero-order valence-electron chi connectivity index (χ0n) is 19.6. The van der Waals surface area contributed by atoms with E-state index in [-0.39, 0.29) is 24.0 Å². The molecule has 0 aliphatic carbocycles. The zero-order chi connectivity index (χ0) is 21.9. The molecule has 0 saturated carbocycles. The molecular formula is C23H38IN7O. The summed E-state index contributed by atoms with van der Waals surface area (Å²) < 4.78 is 7.35. The standard InChI is InChI=1S/C23H37N7O.HI/c1-4-13-29-14-10-20(11-15-29)27-23(24-12-16-30-18-26-28-22(30)5-2)25-17-19-6-8-21(31-3)9-7-19;/h6-9,18,20H,4-5,10-17H2,1-3H3,(H2,24,25,27);1H. The minimum atomic E-state index is 0. The van der Waals surface area contributed by atoms with Gasteiger partial charge in [0, 0.05) is 38.6 Å². The van der Waals surface area contributed by atoms with Crippen molar-refractivity contribution < 1.29 is 4.74 Å². The van der Waals surface area contributed by atoms with Crippen LogP contribution in [0.5, 0.6) is 5.75 Å². The third kappa shape index (κ3) is 8.23. The first-order valence-corrected chi connectivity index (χ1v) is 11.5. The first-order chi connectivity index (χ1) is 15.2. The van der Waals surface area contributed by atoms with E-state index in [9.17, 15) is 0 Å². The van der Waals surface area contributed by atoms with Crippen LogP contribution in [0.4, 0.5) is 0 Å². The van der Waals surface area contributed by atoms with Crippen LogP contribution in [-0.2, 0) is 19.5 Å². The Labute approximate surface area is 209 Å². The van der Waals surface area contributed by atoms with E-state index in [1.54, 1.807) is 13.4 Å². The largest absolute Gasteiger partial charge is 0.497 e. The van der Waals surface area contributed by atoms with Gasteiger partial charge in [-0.1, -0.05) is 26.0 Å². The summed E-state index contributed by atoms with van der Waals surface area (Å²) in [5, 5.41) is 15.4. The molecular weight excluding hydrogens is 517 g/mol. The molecule has 0 radical (unpaired) electrons. The minimum absolute atomic E-state index is 0. The summed E-state index contributed by atoms with van der Waals surface area (Å²) in [6.07, 6.45) is 6.19. The van der Waals surface area contributed by atoms with E-state index in [2.05, 4.69) is 56.3 Å². The highest BCUT2D eigenvalue weighted by atomic mass is 127. The van der Waals surface area contributed by atoms with Gasteiger partial charge in [0.2, 0.25) is 0 Å². The molecule has 0 amide bonds. The molecule has 0 atom stereocenters. The molecule has 1 saturated heterocycles. The number of halogens is 1. The number of aryl methyl sites for hydroxylation is 1. The van der Waals surface area contributed by atoms with Crippen molar-refractivity contribution in [2.45, 2.75) is 58.7 Å². The number of benzene rings is 1. The third-order valence-electron chi connectivity index (χ3n) is 5.70. The maximum Gasteiger partial charge on any atom is 0.191 e. The van der Waals surface area contributed by atoms with Crippen molar-refractivity contribution in [2.75, 3.05) is 33.3 Å². The normalized spacial score (nSPS) is 15.3. The van der Waals surface area contributed by atoms with Crippen molar-refractivity contribution in [3.8, 4) is 5.75 Å². The lowest BCUT2D eigenvalue weighted by Gasteiger charge is -2.33. The van der Waals surface area contributed by atoms with Crippen LogP contribution in [0, 0.1) is 0 Å². The molecule has 32 heavy (non-hydrogen) atoms. The van der Waals surface area contributed by atoms with Gasteiger partial charge in [-0.05, 0) is 43.5 Å². The number of nitrogens with zero attached hydrogens (tertiary/aromatic N) is 5. The van der Waals surface area contributed by atoms with Crippen molar-refractivity contribution in [3.63, 3.8) is 0 Å². The predicted octanol–water partition coefficient (Wildman–Crippen LogP) is 3.08. The number of ether oxygens (including phenoxy) is 1. The molecule has 1 aromatic heterocycles. The van der Waals surface area contributed by atoms with Gasteiger partial charge in [0.15, 0.2) is 5.96 Å². The van der Waals surface area contributed by atoms with Crippen molar-refractivity contribution in [2.24, 2.45) is 4.99 Å². The first-order valence-electron chi connectivity index (χ1n) is 11.5. The predicted molar refractivity (Wildman–Crippen MR) is 140 cm³/mol. The number of aromatic nitrogens is 3. The summed E-state index contributed by atoms with van der Waals surface area (Å²) in [6.45, 7) is 10.1. The molecule has 0 bridgehead atoms. The first kappa shape index (κ1) is 26.4. The number of hydrogen-bond acceptors (Lipinski definition) is 5. The fraction of sp³-hybridized carbons (Fsp3) is 0.609. The summed E-state index contributed by atoms with van der Waals surface area (Å²) >= 11 is 0. The lowest BCUT2D eigenvalue weighted by Crippen LogP contribution is -2.49. The average molecular weight is 556 g/mol. The Hall–Kier alpha value is -1.88. The summed E-state index contributed by atoms with van der Waals surface area (Å²) in [4.78, 5) is 7.41. The Morgan fingerprint density at radius 2 is 1.91 bits per heavy atom. The van der Waals surface area contributed by atoms with Gasteiger partial charge in [-0.15, -0.1) is 34.2 Å². The summed E-state index contributed by atoms with van der Waals surface area (Å²) in [6, 6.07) is 8.54. The van der Waals surface area contributed by atoms with Gasteiger partial charge in [0.1, 0.15) is 17.9 Å². The van der Waals surface area contributed by atoms with Crippen molar-refractivity contribution in [3.05, 3.63) is 42.0 Å². The van der Waals surface area contributed by atoms with Gasteiger partial charge in [-0.2, -0.15) is 0 Å². The molecule has 1 aromatic carbocycles. The fourth-order valence-corrected chi connectivity index (χ4v) is 3.90. The molecule has 3 rings (SSSR count). The fourth-order valence-electron chi connectivity index (χ4n) is 3.90. The van der Waals surface area contributed by atoms with Gasteiger partial charge in [-0.3, -0.25) is 0 Å². The second-order valence-corrected chi connectivity index (χ2v) is 7.99. The summed E-state index contributed by atoms with van der Waals surface area (Å²) in [7, 11) is 1.69.